The molecule has 4 rings (SSSR count). The van der Waals surface area contributed by atoms with Crippen LogP contribution in [0.3, 0.4) is 0 Å². The Labute approximate surface area is 183 Å². The maximum atomic E-state index is 13.9. The molecule has 1 N–H and O–H groups in total. The fourth-order valence-corrected chi connectivity index (χ4v) is 3.73. The zero-order chi connectivity index (χ0) is 23.0. The minimum Gasteiger partial charge on any atom is -0.507 e. The summed E-state index contributed by atoms with van der Waals surface area (Å²) in [6, 6.07) is 12.1. The lowest BCUT2D eigenvalue weighted by Crippen LogP contribution is -2.29. The fourth-order valence-electron chi connectivity index (χ4n) is 3.73. The Morgan fingerprint density at radius 2 is 1.78 bits per heavy atom. The van der Waals surface area contributed by atoms with Crippen molar-refractivity contribution in [2.75, 3.05) is 19.1 Å². The van der Waals surface area contributed by atoms with Crippen molar-refractivity contribution in [2.24, 2.45) is 0 Å². The predicted octanol–water partition coefficient (Wildman–Crippen LogP) is 4.37. The van der Waals surface area contributed by atoms with E-state index in [0.29, 0.717) is 17.3 Å². The molecule has 1 unspecified atom stereocenters. The summed E-state index contributed by atoms with van der Waals surface area (Å²) in [5.74, 6) is -1.23. The molecule has 1 aliphatic rings. The number of halogens is 1. The van der Waals surface area contributed by atoms with Crippen LogP contribution in [0.5, 0.6) is 11.5 Å². The van der Waals surface area contributed by atoms with E-state index in [1.165, 1.54) is 44.6 Å². The summed E-state index contributed by atoms with van der Waals surface area (Å²) >= 11 is 0. The van der Waals surface area contributed by atoms with Gasteiger partial charge in [-0.3, -0.25) is 14.5 Å². The highest BCUT2D eigenvalue weighted by Crippen LogP contribution is 2.43. The van der Waals surface area contributed by atoms with E-state index in [-0.39, 0.29) is 22.6 Å². The largest absolute Gasteiger partial charge is 0.507 e. The van der Waals surface area contributed by atoms with Crippen molar-refractivity contribution in [2.45, 2.75) is 13.0 Å². The van der Waals surface area contributed by atoms with E-state index in [1.54, 1.807) is 25.1 Å². The molecule has 8 heteroatoms. The zero-order valence-corrected chi connectivity index (χ0v) is 17.6. The molecule has 3 aromatic rings. The summed E-state index contributed by atoms with van der Waals surface area (Å²) in [5.41, 5.74) is 0.228. The Morgan fingerprint density at radius 1 is 1.03 bits per heavy atom. The lowest BCUT2D eigenvalue weighted by atomic mass is 9.99. The number of aliphatic hydroxyl groups is 1. The first-order valence-electron chi connectivity index (χ1n) is 9.71. The minimum absolute atomic E-state index is 0.164. The van der Waals surface area contributed by atoms with Gasteiger partial charge in [-0.2, -0.15) is 0 Å². The third-order valence-corrected chi connectivity index (χ3v) is 5.22. The number of ether oxygens (including phenoxy) is 2. The number of hydrogen-bond donors (Lipinski definition) is 1. The van der Waals surface area contributed by atoms with Crippen molar-refractivity contribution in [1.29, 1.82) is 0 Å². The maximum absolute atomic E-state index is 13.9. The van der Waals surface area contributed by atoms with Crippen LogP contribution in [0.1, 0.15) is 23.1 Å². The smallest absolute Gasteiger partial charge is 0.300 e. The second-order valence-corrected chi connectivity index (χ2v) is 7.17. The van der Waals surface area contributed by atoms with Crippen molar-refractivity contribution >= 4 is 23.1 Å². The normalized spacial score (nSPS) is 17.6. The van der Waals surface area contributed by atoms with Crippen molar-refractivity contribution in [3.8, 4) is 11.5 Å². The van der Waals surface area contributed by atoms with Crippen LogP contribution in [0.15, 0.2) is 64.6 Å². The molecular weight excluding hydrogens is 417 g/mol. The van der Waals surface area contributed by atoms with E-state index < -0.39 is 29.3 Å². The molecule has 7 nitrogen and oxygen atoms in total. The first-order chi connectivity index (χ1) is 15.3. The van der Waals surface area contributed by atoms with Crippen LogP contribution in [0, 0.1) is 12.7 Å². The van der Waals surface area contributed by atoms with Gasteiger partial charge < -0.3 is 19.0 Å². The number of rotatable bonds is 5. The lowest BCUT2D eigenvalue weighted by molar-refractivity contribution is -0.132. The summed E-state index contributed by atoms with van der Waals surface area (Å²) in [6.07, 6.45) is 0. The Kier molecular flexibility index (Phi) is 5.44. The van der Waals surface area contributed by atoms with E-state index in [0.717, 1.165) is 11.0 Å². The molecule has 1 saturated heterocycles. The average Bonchev–Trinajstić information content (AvgIpc) is 3.33. The van der Waals surface area contributed by atoms with Gasteiger partial charge in [0.1, 0.15) is 29.1 Å². The number of carbonyl (C=O) groups is 2. The standard InChI is InChI=1S/C24H20FNO6/c1-13-7-9-18(32-13)21-20(22(27)14-8-10-17(30-2)19(11-14)31-3)23(28)24(29)26(21)16-6-4-5-15(25)12-16/h4-12,21,27H,1-3H3/b22-20-. The number of hydrogen-bond acceptors (Lipinski definition) is 6. The van der Waals surface area contributed by atoms with Crippen molar-refractivity contribution in [3.63, 3.8) is 0 Å². The number of amides is 1. The molecule has 0 aliphatic carbocycles. The highest BCUT2D eigenvalue weighted by atomic mass is 19.1. The van der Waals surface area contributed by atoms with Crippen LogP contribution in [0.25, 0.3) is 5.76 Å². The van der Waals surface area contributed by atoms with Crippen LogP contribution < -0.4 is 14.4 Å². The van der Waals surface area contributed by atoms with Gasteiger partial charge in [-0.1, -0.05) is 6.07 Å². The number of methoxy groups -OCH3 is 2. The monoisotopic (exact) mass is 437 g/mol. The maximum Gasteiger partial charge on any atom is 0.300 e. The molecule has 1 aliphatic heterocycles. The molecule has 2 heterocycles. The Bertz CT molecular complexity index is 1240. The number of ketones is 1. The van der Waals surface area contributed by atoms with Gasteiger partial charge >= 0.3 is 0 Å². The summed E-state index contributed by atoms with van der Waals surface area (Å²) < 4.78 is 30.1. The van der Waals surface area contributed by atoms with E-state index in [9.17, 15) is 19.1 Å². The van der Waals surface area contributed by atoms with Gasteiger partial charge in [0, 0.05) is 11.3 Å². The van der Waals surface area contributed by atoms with Gasteiger partial charge in [0.2, 0.25) is 0 Å². The summed E-state index contributed by atoms with van der Waals surface area (Å²) in [7, 11) is 2.91. The SMILES string of the molecule is COc1ccc(/C(O)=C2/C(=O)C(=O)N(c3cccc(F)c3)C2c2ccc(C)o2)cc1OC. The molecule has 0 radical (unpaired) electrons. The summed E-state index contributed by atoms with van der Waals surface area (Å²) in [5, 5.41) is 11.1. The van der Waals surface area contributed by atoms with Crippen LogP contribution in [0.4, 0.5) is 10.1 Å². The number of aliphatic hydroxyl groups excluding tert-OH is 1. The first-order valence-corrected chi connectivity index (χ1v) is 9.71. The molecule has 2 aromatic carbocycles. The number of Topliss-reactive ketones (excluding diaryl/α,β-unsaturated/α-hetero) is 1. The highest BCUT2D eigenvalue weighted by molar-refractivity contribution is 6.51. The van der Waals surface area contributed by atoms with Crippen LogP contribution in [0.2, 0.25) is 0 Å². The molecule has 0 saturated carbocycles. The number of aryl methyl sites for hydroxylation is 1. The second-order valence-electron chi connectivity index (χ2n) is 7.17. The van der Waals surface area contributed by atoms with E-state index in [2.05, 4.69) is 0 Å². The molecule has 32 heavy (non-hydrogen) atoms. The van der Waals surface area contributed by atoms with Gasteiger partial charge in [0.15, 0.2) is 11.5 Å². The summed E-state index contributed by atoms with van der Waals surface area (Å²) in [4.78, 5) is 27.2. The van der Waals surface area contributed by atoms with Gasteiger partial charge in [-0.15, -0.1) is 0 Å². The van der Waals surface area contributed by atoms with Crippen molar-refractivity contribution in [1.82, 2.24) is 0 Å². The Morgan fingerprint density at radius 3 is 2.41 bits per heavy atom. The second kappa shape index (κ2) is 8.22. The van der Waals surface area contributed by atoms with E-state index in [1.807, 2.05) is 0 Å². The van der Waals surface area contributed by atoms with Gasteiger partial charge in [0.25, 0.3) is 11.7 Å². The minimum atomic E-state index is -1.08. The predicted molar refractivity (Wildman–Crippen MR) is 114 cm³/mol. The average molecular weight is 437 g/mol. The van der Waals surface area contributed by atoms with E-state index >= 15 is 0 Å². The van der Waals surface area contributed by atoms with E-state index in [4.69, 9.17) is 13.9 Å². The van der Waals surface area contributed by atoms with Crippen LogP contribution in [-0.4, -0.2) is 31.0 Å². The first kappa shape index (κ1) is 21.2. The fraction of sp³-hybridized carbons (Fsp3) is 0.167. The Hall–Kier alpha value is -4.07. The number of anilines is 1. The third-order valence-electron chi connectivity index (χ3n) is 5.22. The lowest BCUT2D eigenvalue weighted by Gasteiger charge is -2.23. The van der Waals surface area contributed by atoms with Gasteiger partial charge in [-0.05, 0) is 55.5 Å². The number of carbonyl (C=O) groups excluding carboxylic acids is 2. The molecule has 0 spiro atoms. The molecule has 1 atom stereocenters. The molecule has 1 aromatic heterocycles. The summed E-state index contributed by atoms with van der Waals surface area (Å²) in [6.45, 7) is 1.71. The number of furan rings is 1. The molecule has 1 amide bonds. The van der Waals surface area contributed by atoms with Crippen LogP contribution >= 0.6 is 0 Å². The highest BCUT2D eigenvalue weighted by Gasteiger charge is 2.48. The quantitative estimate of drug-likeness (QED) is 0.362. The van der Waals surface area contributed by atoms with Gasteiger partial charge in [0.05, 0.1) is 19.8 Å². The zero-order valence-electron chi connectivity index (χ0n) is 17.6. The third kappa shape index (κ3) is 3.49. The van der Waals surface area contributed by atoms with Gasteiger partial charge in [-0.25, -0.2) is 4.39 Å². The molecule has 164 valence electrons. The van der Waals surface area contributed by atoms with Crippen LogP contribution in [-0.2, 0) is 9.59 Å². The Balaban J connectivity index is 1.93. The molecule has 1 fully saturated rings. The topological polar surface area (TPSA) is 89.2 Å². The molecular formula is C24H20FNO6. The van der Waals surface area contributed by atoms with Crippen molar-refractivity contribution in [3.05, 3.63) is 83.1 Å². The van der Waals surface area contributed by atoms with Crippen molar-refractivity contribution < 1.29 is 33.0 Å². The number of benzene rings is 2. The number of nitrogens with zero attached hydrogens (tertiary/aromatic N) is 1. The molecule has 0 bridgehead atoms.